The van der Waals surface area contributed by atoms with Crippen LogP contribution in [0.1, 0.15) is 0 Å². The van der Waals surface area contributed by atoms with E-state index in [1.54, 1.807) is 0 Å². The summed E-state index contributed by atoms with van der Waals surface area (Å²) in [5, 5.41) is 0. The van der Waals surface area contributed by atoms with Crippen LogP contribution in [0.5, 0.6) is 0 Å². The van der Waals surface area contributed by atoms with Gasteiger partial charge in [-0.25, -0.2) is 0 Å². The molecule has 0 atom stereocenters. The molecule has 0 fully saturated rings. The van der Waals surface area contributed by atoms with Crippen LogP contribution in [0, 0.1) is 93.8 Å². The first-order valence-electron chi connectivity index (χ1n) is 1.75. The summed E-state index contributed by atoms with van der Waals surface area (Å²) < 4.78 is 3.24. The Hall–Kier alpha value is 3.19. The molecule has 0 aromatic heterocycles. The largest absolute Gasteiger partial charge is 0.665 e. The van der Waals surface area contributed by atoms with Crippen LogP contribution >= 0.6 is 0 Å². The molecule has 0 aromatic carbocycles. The normalized spacial score (nSPS) is 11.5. The molecule has 84 valence electrons. The first kappa shape index (κ1) is 19.7. The van der Waals surface area contributed by atoms with Crippen molar-refractivity contribution in [1.82, 2.24) is 0 Å². The minimum Gasteiger partial charge on any atom is -0.368 e. The van der Waals surface area contributed by atoms with Crippen molar-refractivity contribution in [1.29, 1.82) is 0 Å². The topological polar surface area (TPSA) is 131 Å². The van der Waals surface area contributed by atoms with Gasteiger partial charge in [0.2, 0.25) is 0 Å². The van der Waals surface area contributed by atoms with Crippen LogP contribution < -0.4 is 0 Å². The van der Waals surface area contributed by atoms with Gasteiger partial charge in [0.1, 0.15) is 0 Å². The number of hydrogen-bond donors (Lipinski definition) is 6. The standard InChI is InChI=1S/H6O7Si2.2Yb/c1-8(2,3)7-9(4,5)6;;/h1-6H;;. The predicted octanol–water partition coefficient (Wildman–Crippen LogP) is -4.17. The molecule has 0 unspecified atom stereocenters. The third kappa shape index (κ3) is 19.6. The van der Waals surface area contributed by atoms with Gasteiger partial charge < -0.3 is 32.9 Å². The van der Waals surface area contributed by atoms with E-state index in [2.05, 4.69) is 4.12 Å². The van der Waals surface area contributed by atoms with Crippen molar-refractivity contribution in [3.05, 3.63) is 0 Å². The summed E-state index contributed by atoms with van der Waals surface area (Å²) in [5.41, 5.74) is 0. The molecule has 6 N–H and O–H groups in total. The molecule has 0 aromatic rings. The summed E-state index contributed by atoms with van der Waals surface area (Å²) in [7, 11) is -9.96. The second-order valence-corrected chi connectivity index (χ2v) is 4.36. The van der Waals surface area contributed by atoms with Crippen LogP contribution in [0.3, 0.4) is 0 Å². The van der Waals surface area contributed by atoms with Crippen LogP contribution in [0.4, 0.5) is 0 Å². The van der Waals surface area contributed by atoms with E-state index < -0.39 is 18.1 Å². The SMILES string of the molecule is O[Si](O)(O)O[Si](O)(O)O.[Yb].[Yb]. The van der Waals surface area contributed by atoms with Crippen molar-refractivity contribution in [2.24, 2.45) is 0 Å². The van der Waals surface area contributed by atoms with E-state index in [9.17, 15) is 0 Å². The van der Waals surface area contributed by atoms with Gasteiger partial charge >= 0.3 is 18.1 Å². The summed E-state index contributed by atoms with van der Waals surface area (Å²) in [5.74, 6) is 0. The van der Waals surface area contributed by atoms with Crippen LogP contribution in [0.25, 0.3) is 0 Å². The fourth-order valence-corrected chi connectivity index (χ4v) is 1.65. The summed E-state index contributed by atoms with van der Waals surface area (Å²) in [6, 6.07) is 0. The van der Waals surface area contributed by atoms with Gasteiger partial charge in [-0.2, -0.15) is 0 Å². The van der Waals surface area contributed by atoms with Gasteiger partial charge in [-0.1, -0.05) is 0 Å². The molecule has 0 heterocycles. The Morgan fingerprint density at radius 2 is 0.818 bits per heavy atom. The number of hydrogen-bond acceptors (Lipinski definition) is 7. The molecular formula is H6O7Si2Yb2. The Labute approximate surface area is 141 Å². The maximum Gasteiger partial charge on any atom is 0.665 e. The van der Waals surface area contributed by atoms with Crippen molar-refractivity contribution >= 4 is 18.1 Å². The Balaban J connectivity index is -0.000000320. The zero-order chi connectivity index (χ0) is 7.71. The summed E-state index contributed by atoms with van der Waals surface area (Å²) in [4.78, 5) is 47.6. The van der Waals surface area contributed by atoms with E-state index in [1.807, 2.05) is 0 Å². The van der Waals surface area contributed by atoms with Gasteiger partial charge in [0.05, 0.1) is 0 Å². The second kappa shape index (κ2) is 7.48. The van der Waals surface area contributed by atoms with Crippen molar-refractivity contribution in [3.63, 3.8) is 0 Å². The summed E-state index contributed by atoms with van der Waals surface area (Å²) in [6.45, 7) is 0. The predicted molar refractivity (Wildman–Crippen MR) is 25.9 cm³/mol. The second-order valence-electron chi connectivity index (χ2n) is 1.25. The molecule has 0 aliphatic rings. The average molecular weight is 520 g/mol. The molecule has 0 amide bonds. The van der Waals surface area contributed by atoms with Gasteiger partial charge in [0, 0.05) is 93.8 Å². The molecule has 11 heteroatoms. The molecule has 0 saturated carbocycles. The molecular weight excluding hydrogens is 514 g/mol. The third-order valence-electron chi connectivity index (χ3n) is 0.274. The van der Waals surface area contributed by atoms with Gasteiger partial charge in [-0.05, 0) is 0 Å². The van der Waals surface area contributed by atoms with Gasteiger partial charge in [-0.3, -0.25) is 0 Å². The fourth-order valence-electron chi connectivity index (χ4n) is 0.184. The maximum absolute atomic E-state index is 7.94. The van der Waals surface area contributed by atoms with Crippen LogP contribution in [0.2, 0.25) is 0 Å². The zero-order valence-electron chi connectivity index (χ0n) is 4.63. The van der Waals surface area contributed by atoms with Crippen molar-refractivity contribution in [2.75, 3.05) is 0 Å². The Kier molecular flexibility index (Phi) is 13.4. The van der Waals surface area contributed by atoms with Gasteiger partial charge in [-0.15, -0.1) is 0 Å². The minimum atomic E-state index is -4.98. The average Bonchev–Trinajstić information content (AvgIpc) is 1.14. The smallest absolute Gasteiger partial charge is 0.368 e. The number of rotatable bonds is 2. The molecule has 11 heavy (non-hydrogen) atoms. The van der Waals surface area contributed by atoms with E-state index in [4.69, 9.17) is 28.8 Å². The molecule has 0 radical (unpaired) electrons. The van der Waals surface area contributed by atoms with E-state index in [1.165, 1.54) is 0 Å². The minimum absolute atomic E-state index is 0. The Bertz CT molecular complexity index is 79.6. The summed E-state index contributed by atoms with van der Waals surface area (Å²) >= 11 is 0. The van der Waals surface area contributed by atoms with E-state index >= 15 is 0 Å². The zero-order valence-corrected chi connectivity index (χ0v) is 10.1. The Morgan fingerprint density at radius 1 is 0.636 bits per heavy atom. The summed E-state index contributed by atoms with van der Waals surface area (Å²) in [6.07, 6.45) is 0. The van der Waals surface area contributed by atoms with Crippen molar-refractivity contribution in [2.45, 2.75) is 0 Å². The van der Waals surface area contributed by atoms with Gasteiger partial charge in [0.15, 0.2) is 0 Å². The monoisotopic (exact) mass is 522 g/mol. The van der Waals surface area contributed by atoms with E-state index in [-0.39, 0.29) is 93.8 Å². The molecule has 0 bridgehead atoms. The quantitative estimate of drug-likeness (QED) is 0.204. The van der Waals surface area contributed by atoms with Crippen LogP contribution in [-0.2, 0) is 4.12 Å². The van der Waals surface area contributed by atoms with E-state index in [0.29, 0.717) is 0 Å². The van der Waals surface area contributed by atoms with Crippen LogP contribution in [0.15, 0.2) is 0 Å². The third-order valence-corrected chi connectivity index (χ3v) is 2.46. The van der Waals surface area contributed by atoms with Crippen molar-refractivity contribution < 1.29 is 127 Å². The molecule has 0 rings (SSSR count). The molecule has 0 aliphatic carbocycles. The molecule has 0 spiro atoms. The van der Waals surface area contributed by atoms with Crippen molar-refractivity contribution in [3.8, 4) is 0 Å². The molecule has 7 nitrogen and oxygen atoms in total. The first-order chi connectivity index (χ1) is 3.71. The molecule has 0 saturated heterocycles. The van der Waals surface area contributed by atoms with E-state index in [0.717, 1.165) is 0 Å². The van der Waals surface area contributed by atoms with Gasteiger partial charge in [0.25, 0.3) is 0 Å². The fraction of sp³-hybridized carbons (Fsp3) is 0. The van der Waals surface area contributed by atoms with Crippen LogP contribution in [-0.4, -0.2) is 46.9 Å². The Morgan fingerprint density at radius 3 is 0.818 bits per heavy atom. The first-order valence-corrected chi connectivity index (χ1v) is 5.25. The maximum atomic E-state index is 7.94. The molecule has 0 aliphatic heterocycles.